The van der Waals surface area contributed by atoms with E-state index >= 15 is 0 Å². The number of rotatable bonds is 3. The second-order valence-corrected chi connectivity index (χ2v) is 11.3. The molecule has 4 aliphatic carbocycles. The van der Waals surface area contributed by atoms with Gasteiger partial charge in [0.1, 0.15) is 0 Å². The molecule has 7 atom stereocenters. The average Bonchev–Trinajstić information content (AvgIpc) is 2.95. The fourth-order valence-electron chi connectivity index (χ4n) is 8.26. The molecule has 3 nitrogen and oxygen atoms in total. The van der Waals surface area contributed by atoms with Crippen LogP contribution in [0.1, 0.15) is 86.0 Å². The lowest BCUT2D eigenvalue weighted by Crippen LogP contribution is -2.54. The molecule has 1 N–H and O–H groups in total. The Kier molecular flexibility index (Phi) is 5.01. The minimum absolute atomic E-state index is 0.00250. The molecule has 3 fully saturated rings. The topological polar surface area (TPSA) is 46.5 Å². The Balaban J connectivity index is 1.60. The lowest BCUT2D eigenvalue weighted by Gasteiger charge is -2.61. The number of aliphatic hydroxyl groups excluding tert-OH is 1. The van der Waals surface area contributed by atoms with Gasteiger partial charge < -0.3 is 9.84 Å². The summed E-state index contributed by atoms with van der Waals surface area (Å²) >= 11 is 0. The number of fused-ring (bicyclic) bond motifs is 5. The standard InChI is InChI=1S/C25H40O3/c1-6-28-22(27)15-16-7-9-18-17-8-10-20-23(2,3)21(26)12-14-25(20,5)19(17)11-13-24(16,18)4/h10,16-19,21,26H,6-9,11-15H2,1-5H3/t16-,17+,18+,19+,21+,24-,25-/m1/s1. The van der Waals surface area contributed by atoms with Gasteiger partial charge in [-0.1, -0.05) is 39.3 Å². The van der Waals surface area contributed by atoms with E-state index in [9.17, 15) is 9.90 Å². The first-order valence-electron chi connectivity index (χ1n) is 11.7. The molecule has 0 heterocycles. The maximum Gasteiger partial charge on any atom is 0.306 e. The molecular weight excluding hydrogens is 348 g/mol. The first-order chi connectivity index (χ1) is 13.1. The number of carbonyl (C=O) groups excluding carboxylic acids is 1. The summed E-state index contributed by atoms with van der Waals surface area (Å²) in [5.74, 6) is 2.69. The number of carbonyl (C=O) groups is 1. The first-order valence-corrected chi connectivity index (χ1v) is 11.7. The lowest BCUT2D eigenvalue weighted by atomic mass is 9.44. The van der Waals surface area contributed by atoms with Crippen LogP contribution in [-0.2, 0) is 9.53 Å². The normalized spacial score (nSPS) is 46.8. The highest BCUT2D eigenvalue weighted by molar-refractivity contribution is 5.69. The van der Waals surface area contributed by atoms with Crippen LogP contribution in [0.15, 0.2) is 11.6 Å². The minimum Gasteiger partial charge on any atom is -0.466 e. The van der Waals surface area contributed by atoms with Gasteiger partial charge in [-0.15, -0.1) is 0 Å². The Labute approximate surface area is 171 Å². The zero-order chi connectivity index (χ0) is 20.3. The van der Waals surface area contributed by atoms with Crippen molar-refractivity contribution >= 4 is 5.97 Å². The van der Waals surface area contributed by atoms with Crippen LogP contribution in [0.2, 0.25) is 0 Å². The van der Waals surface area contributed by atoms with Gasteiger partial charge in [0.15, 0.2) is 0 Å². The van der Waals surface area contributed by atoms with Crippen LogP contribution in [0.3, 0.4) is 0 Å². The maximum atomic E-state index is 12.2. The molecule has 0 aromatic heterocycles. The smallest absolute Gasteiger partial charge is 0.306 e. The highest BCUT2D eigenvalue weighted by atomic mass is 16.5. The van der Waals surface area contributed by atoms with Gasteiger partial charge in [-0.05, 0) is 86.4 Å². The molecule has 158 valence electrons. The van der Waals surface area contributed by atoms with Crippen LogP contribution in [0.4, 0.5) is 0 Å². The van der Waals surface area contributed by atoms with Crippen molar-refractivity contribution < 1.29 is 14.6 Å². The van der Waals surface area contributed by atoms with E-state index in [2.05, 4.69) is 33.8 Å². The molecule has 3 heteroatoms. The van der Waals surface area contributed by atoms with Crippen LogP contribution < -0.4 is 0 Å². The van der Waals surface area contributed by atoms with E-state index in [0.29, 0.717) is 24.4 Å². The summed E-state index contributed by atoms with van der Waals surface area (Å²) in [4.78, 5) is 12.2. The second-order valence-electron chi connectivity index (χ2n) is 11.3. The van der Waals surface area contributed by atoms with Crippen LogP contribution in [0, 0.1) is 39.9 Å². The van der Waals surface area contributed by atoms with Crippen molar-refractivity contribution in [2.45, 2.75) is 92.1 Å². The molecule has 0 spiro atoms. The molecule has 4 rings (SSSR count). The molecule has 0 radical (unpaired) electrons. The summed E-state index contributed by atoms with van der Waals surface area (Å²) in [6.45, 7) is 11.9. The van der Waals surface area contributed by atoms with Crippen LogP contribution in [-0.4, -0.2) is 23.8 Å². The lowest BCUT2D eigenvalue weighted by molar-refractivity contribution is -0.146. The van der Waals surface area contributed by atoms with Crippen LogP contribution in [0.25, 0.3) is 0 Å². The fraction of sp³-hybridized carbons (Fsp3) is 0.880. The molecule has 3 saturated carbocycles. The number of esters is 1. The van der Waals surface area contributed by atoms with E-state index in [1.165, 1.54) is 31.3 Å². The van der Waals surface area contributed by atoms with Crippen molar-refractivity contribution in [3.05, 3.63) is 11.6 Å². The predicted molar refractivity (Wildman–Crippen MR) is 112 cm³/mol. The monoisotopic (exact) mass is 388 g/mol. The summed E-state index contributed by atoms with van der Waals surface area (Å²) in [5.41, 5.74) is 1.97. The highest BCUT2D eigenvalue weighted by Crippen LogP contribution is 2.68. The van der Waals surface area contributed by atoms with Gasteiger partial charge in [-0.2, -0.15) is 0 Å². The van der Waals surface area contributed by atoms with Gasteiger partial charge >= 0.3 is 5.97 Å². The fourth-order valence-corrected chi connectivity index (χ4v) is 8.26. The van der Waals surface area contributed by atoms with Crippen molar-refractivity contribution in [3.63, 3.8) is 0 Å². The Hall–Kier alpha value is -0.830. The van der Waals surface area contributed by atoms with Crippen molar-refractivity contribution in [1.29, 1.82) is 0 Å². The summed E-state index contributed by atoms with van der Waals surface area (Å²) in [6, 6.07) is 0. The Morgan fingerprint density at radius 2 is 1.86 bits per heavy atom. The van der Waals surface area contributed by atoms with Crippen LogP contribution >= 0.6 is 0 Å². The molecule has 0 aromatic carbocycles. The van der Waals surface area contributed by atoms with E-state index in [0.717, 1.165) is 37.0 Å². The second kappa shape index (κ2) is 6.86. The van der Waals surface area contributed by atoms with Crippen molar-refractivity contribution in [3.8, 4) is 0 Å². The van der Waals surface area contributed by atoms with Crippen LogP contribution in [0.5, 0.6) is 0 Å². The predicted octanol–water partition coefficient (Wildman–Crippen LogP) is 5.52. The van der Waals surface area contributed by atoms with Gasteiger partial charge in [0.05, 0.1) is 12.7 Å². The third kappa shape index (κ3) is 2.82. The number of hydrogen-bond acceptors (Lipinski definition) is 3. The Morgan fingerprint density at radius 1 is 1.11 bits per heavy atom. The van der Waals surface area contributed by atoms with Crippen molar-refractivity contribution in [1.82, 2.24) is 0 Å². The summed E-state index contributed by atoms with van der Waals surface area (Å²) < 4.78 is 5.28. The molecular formula is C25H40O3. The minimum atomic E-state index is -0.210. The first kappa shape index (κ1) is 20.4. The van der Waals surface area contributed by atoms with E-state index < -0.39 is 0 Å². The van der Waals surface area contributed by atoms with E-state index in [1.54, 1.807) is 0 Å². The van der Waals surface area contributed by atoms with Crippen molar-refractivity contribution in [2.24, 2.45) is 39.9 Å². The third-order valence-electron chi connectivity index (χ3n) is 9.84. The molecule has 0 unspecified atom stereocenters. The molecule has 0 amide bonds. The number of aliphatic hydroxyl groups is 1. The largest absolute Gasteiger partial charge is 0.466 e. The van der Waals surface area contributed by atoms with Gasteiger partial charge in [0.25, 0.3) is 0 Å². The number of allylic oxidation sites excluding steroid dienone is 1. The Morgan fingerprint density at radius 3 is 2.57 bits per heavy atom. The maximum absolute atomic E-state index is 12.2. The van der Waals surface area contributed by atoms with E-state index in [-0.39, 0.29) is 22.9 Å². The number of hydrogen-bond donors (Lipinski definition) is 1. The summed E-state index contributed by atoms with van der Waals surface area (Å²) in [6.07, 6.45) is 11.1. The molecule has 0 aliphatic heterocycles. The Bertz CT molecular complexity index is 665. The van der Waals surface area contributed by atoms with Gasteiger partial charge in [-0.3, -0.25) is 4.79 Å². The molecule has 0 saturated heterocycles. The van der Waals surface area contributed by atoms with E-state index in [1.807, 2.05) is 6.92 Å². The zero-order valence-corrected chi connectivity index (χ0v) is 18.6. The molecule has 4 aliphatic rings. The summed E-state index contributed by atoms with van der Waals surface area (Å²) in [5, 5.41) is 10.7. The third-order valence-corrected chi connectivity index (χ3v) is 9.84. The highest BCUT2D eigenvalue weighted by Gasteiger charge is 2.60. The number of ether oxygens (including phenoxy) is 1. The molecule has 0 bridgehead atoms. The average molecular weight is 389 g/mol. The zero-order valence-electron chi connectivity index (χ0n) is 18.6. The SMILES string of the molecule is CCOC(=O)C[C@H]1CC[C@H]2[C@@H]3CC=C4C(C)(C)[C@@H](O)CC[C@]4(C)[C@H]3CC[C@]12C. The summed E-state index contributed by atoms with van der Waals surface area (Å²) in [7, 11) is 0. The van der Waals surface area contributed by atoms with Gasteiger partial charge in [0.2, 0.25) is 0 Å². The quantitative estimate of drug-likeness (QED) is 0.512. The van der Waals surface area contributed by atoms with Gasteiger partial charge in [-0.25, -0.2) is 0 Å². The van der Waals surface area contributed by atoms with E-state index in [4.69, 9.17) is 4.74 Å². The molecule has 0 aromatic rings. The molecule has 28 heavy (non-hydrogen) atoms. The van der Waals surface area contributed by atoms with Gasteiger partial charge in [0, 0.05) is 11.8 Å². The van der Waals surface area contributed by atoms with Crippen molar-refractivity contribution in [2.75, 3.05) is 6.61 Å².